The standard InChI is InChI=1S/C20H17N3O4S/c1-12-10-17(24)27-15-6-7-23(20(26)18(12)15)8-9-28-11-16-21-14-5-3-2-4-13(14)19(25)22-16/h2-7,10H,8-9,11H2,1H3,(H,21,22,25). The van der Waals surface area contributed by atoms with Crippen LogP contribution < -0.4 is 16.7 Å². The lowest BCUT2D eigenvalue weighted by Gasteiger charge is -2.08. The van der Waals surface area contributed by atoms with Gasteiger partial charge in [0, 0.05) is 24.6 Å². The number of rotatable bonds is 5. The lowest BCUT2D eigenvalue weighted by molar-refractivity contribution is 0.557. The number of aromatic nitrogens is 3. The van der Waals surface area contributed by atoms with Gasteiger partial charge in [0.1, 0.15) is 11.4 Å². The van der Waals surface area contributed by atoms with E-state index < -0.39 is 5.63 Å². The van der Waals surface area contributed by atoms with Crippen molar-refractivity contribution >= 4 is 33.6 Å². The van der Waals surface area contributed by atoms with Gasteiger partial charge in [0.15, 0.2) is 0 Å². The molecule has 0 unspecified atom stereocenters. The van der Waals surface area contributed by atoms with Crippen LogP contribution in [-0.4, -0.2) is 20.3 Å². The molecule has 4 aromatic rings. The van der Waals surface area contributed by atoms with Crippen molar-refractivity contribution in [3.05, 3.63) is 85.1 Å². The molecule has 0 amide bonds. The number of thioether (sulfide) groups is 1. The second kappa shape index (κ2) is 7.47. The van der Waals surface area contributed by atoms with Crippen molar-refractivity contribution in [2.24, 2.45) is 0 Å². The molecule has 0 bridgehead atoms. The Hall–Kier alpha value is -3.13. The molecule has 3 heterocycles. The summed E-state index contributed by atoms with van der Waals surface area (Å²) < 4.78 is 6.69. The lowest BCUT2D eigenvalue weighted by atomic mass is 10.2. The van der Waals surface area contributed by atoms with Crippen molar-refractivity contribution in [2.45, 2.75) is 19.2 Å². The van der Waals surface area contributed by atoms with Crippen LogP contribution in [0.2, 0.25) is 0 Å². The Morgan fingerprint density at radius 1 is 1.18 bits per heavy atom. The van der Waals surface area contributed by atoms with Crippen molar-refractivity contribution in [3.63, 3.8) is 0 Å². The molecule has 7 nitrogen and oxygen atoms in total. The first-order valence-electron chi connectivity index (χ1n) is 8.72. The van der Waals surface area contributed by atoms with E-state index in [1.165, 1.54) is 6.07 Å². The van der Waals surface area contributed by atoms with E-state index in [2.05, 4.69) is 9.97 Å². The summed E-state index contributed by atoms with van der Waals surface area (Å²) in [7, 11) is 0. The van der Waals surface area contributed by atoms with Crippen LogP contribution in [0.15, 0.2) is 61.4 Å². The first-order chi connectivity index (χ1) is 13.5. The second-order valence-electron chi connectivity index (χ2n) is 6.38. The molecule has 0 saturated heterocycles. The predicted molar refractivity (Wildman–Crippen MR) is 110 cm³/mol. The maximum Gasteiger partial charge on any atom is 0.336 e. The van der Waals surface area contributed by atoms with Gasteiger partial charge in [-0.3, -0.25) is 9.59 Å². The van der Waals surface area contributed by atoms with Gasteiger partial charge >= 0.3 is 5.63 Å². The number of H-pyrrole nitrogens is 1. The quantitative estimate of drug-likeness (QED) is 0.521. The molecule has 8 heteroatoms. The third kappa shape index (κ3) is 3.50. The van der Waals surface area contributed by atoms with E-state index >= 15 is 0 Å². The van der Waals surface area contributed by atoms with Gasteiger partial charge in [-0.15, -0.1) is 0 Å². The summed E-state index contributed by atoms with van der Waals surface area (Å²) >= 11 is 1.57. The Morgan fingerprint density at radius 2 is 2.00 bits per heavy atom. The molecule has 142 valence electrons. The predicted octanol–water partition coefficient (Wildman–Crippen LogP) is 2.43. The van der Waals surface area contributed by atoms with Crippen molar-refractivity contribution < 1.29 is 4.42 Å². The Bertz CT molecular complexity index is 1350. The topological polar surface area (TPSA) is 98.0 Å². The van der Waals surface area contributed by atoms with Crippen LogP contribution in [-0.2, 0) is 12.3 Å². The number of pyridine rings is 1. The van der Waals surface area contributed by atoms with E-state index in [0.29, 0.717) is 51.3 Å². The number of nitrogens with zero attached hydrogens (tertiary/aromatic N) is 2. The highest BCUT2D eigenvalue weighted by Gasteiger charge is 2.09. The van der Waals surface area contributed by atoms with Crippen LogP contribution >= 0.6 is 11.8 Å². The van der Waals surface area contributed by atoms with Crippen LogP contribution in [0.25, 0.3) is 21.9 Å². The van der Waals surface area contributed by atoms with Gasteiger partial charge < -0.3 is 14.0 Å². The molecule has 1 N–H and O–H groups in total. The molecule has 0 fully saturated rings. The Labute approximate surface area is 163 Å². The molecule has 4 rings (SSSR count). The highest BCUT2D eigenvalue weighted by molar-refractivity contribution is 7.98. The minimum absolute atomic E-state index is 0.149. The smallest absolute Gasteiger partial charge is 0.336 e. The summed E-state index contributed by atoms with van der Waals surface area (Å²) in [6.45, 7) is 2.22. The second-order valence-corrected chi connectivity index (χ2v) is 7.49. The minimum Gasteiger partial charge on any atom is -0.422 e. The zero-order valence-electron chi connectivity index (χ0n) is 15.1. The highest BCUT2D eigenvalue weighted by atomic mass is 32.2. The average molecular weight is 395 g/mol. The zero-order valence-corrected chi connectivity index (χ0v) is 15.9. The van der Waals surface area contributed by atoms with Crippen molar-refractivity contribution in [1.82, 2.24) is 14.5 Å². The van der Waals surface area contributed by atoms with Gasteiger partial charge in [0.25, 0.3) is 11.1 Å². The largest absolute Gasteiger partial charge is 0.422 e. The van der Waals surface area contributed by atoms with Gasteiger partial charge in [-0.1, -0.05) is 12.1 Å². The number of aryl methyl sites for hydroxylation is 2. The van der Waals surface area contributed by atoms with Crippen LogP contribution in [0, 0.1) is 6.92 Å². The van der Waals surface area contributed by atoms with Gasteiger partial charge in [-0.2, -0.15) is 11.8 Å². The molecule has 0 saturated carbocycles. The number of para-hydroxylation sites is 1. The maximum absolute atomic E-state index is 12.6. The van der Waals surface area contributed by atoms with E-state index in [1.807, 2.05) is 18.2 Å². The zero-order chi connectivity index (χ0) is 19.7. The molecular formula is C20H17N3O4S. The molecule has 0 aliphatic rings. The third-order valence-corrected chi connectivity index (χ3v) is 5.39. The fourth-order valence-electron chi connectivity index (χ4n) is 3.10. The van der Waals surface area contributed by atoms with Crippen LogP contribution in [0.3, 0.4) is 0 Å². The fraction of sp³-hybridized carbons (Fsp3) is 0.200. The average Bonchev–Trinajstić information content (AvgIpc) is 2.66. The summed E-state index contributed by atoms with van der Waals surface area (Å²) in [4.78, 5) is 43.5. The number of aromatic amines is 1. The molecule has 0 aliphatic carbocycles. The molecule has 1 aromatic carbocycles. The van der Waals surface area contributed by atoms with Crippen LogP contribution in [0.5, 0.6) is 0 Å². The number of hydrogen-bond donors (Lipinski definition) is 1. The number of hydrogen-bond acceptors (Lipinski definition) is 6. The summed E-state index contributed by atoms with van der Waals surface area (Å²) in [5, 5.41) is 0.994. The summed E-state index contributed by atoms with van der Waals surface area (Å²) in [6.07, 6.45) is 1.63. The first-order valence-corrected chi connectivity index (χ1v) is 9.88. The Morgan fingerprint density at radius 3 is 2.86 bits per heavy atom. The maximum atomic E-state index is 12.6. The Kier molecular flexibility index (Phi) is 4.87. The first kappa shape index (κ1) is 18.2. The van der Waals surface area contributed by atoms with Crippen LogP contribution in [0.1, 0.15) is 11.4 Å². The molecule has 0 radical (unpaired) electrons. The van der Waals surface area contributed by atoms with E-state index in [-0.39, 0.29) is 11.1 Å². The van der Waals surface area contributed by atoms with Gasteiger partial charge in [0.2, 0.25) is 0 Å². The van der Waals surface area contributed by atoms with Gasteiger partial charge in [-0.25, -0.2) is 9.78 Å². The van der Waals surface area contributed by atoms with Gasteiger partial charge in [-0.05, 0) is 30.7 Å². The number of nitrogens with one attached hydrogen (secondary N) is 1. The third-order valence-electron chi connectivity index (χ3n) is 4.44. The minimum atomic E-state index is -0.463. The number of fused-ring (bicyclic) bond motifs is 2. The summed E-state index contributed by atoms with van der Waals surface area (Å²) in [5.41, 5.74) is 0.785. The SMILES string of the molecule is Cc1cc(=O)oc2ccn(CCSCc3nc4ccccc4c(=O)[nH]3)c(=O)c12. The molecular weight excluding hydrogens is 378 g/mol. The van der Waals surface area contributed by atoms with E-state index in [9.17, 15) is 14.4 Å². The fourth-order valence-corrected chi connectivity index (χ4v) is 3.90. The Balaban J connectivity index is 1.47. The van der Waals surface area contributed by atoms with E-state index in [4.69, 9.17) is 4.42 Å². The van der Waals surface area contributed by atoms with Crippen LogP contribution in [0.4, 0.5) is 0 Å². The van der Waals surface area contributed by atoms with Crippen molar-refractivity contribution in [2.75, 3.05) is 5.75 Å². The summed E-state index contributed by atoms with van der Waals surface area (Å²) in [5.74, 6) is 1.81. The van der Waals surface area contributed by atoms with E-state index in [1.54, 1.807) is 41.6 Å². The molecule has 3 aromatic heterocycles. The van der Waals surface area contributed by atoms with Crippen molar-refractivity contribution in [3.8, 4) is 0 Å². The molecule has 28 heavy (non-hydrogen) atoms. The normalized spacial score (nSPS) is 11.3. The number of benzene rings is 1. The molecule has 0 aliphatic heterocycles. The molecule has 0 spiro atoms. The molecule has 0 atom stereocenters. The van der Waals surface area contributed by atoms with Gasteiger partial charge in [0.05, 0.1) is 22.0 Å². The van der Waals surface area contributed by atoms with E-state index in [0.717, 1.165) is 0 Å². The monoisotopic (exact) mass is 395 g/mol. The van der Waals surface area contributed by atoms with Crippen molar-refractivity contribution in [1.29, 1.82) is 0 Å². The highest BCUT2D eigenvalue weighted by Crippen LogP contribution is 2.13. The summed E-state index contributed by atoms with van der Waals surface area (Å²) in [6, 6.07) is 10.2. The lowest BCUT2D eigenvalue weighted by Crippen LogP contribution is -2.22.